The SMILES string of the molecule is NS(=O)(=O)c1ccc(F)c(C(=O)NCC2CCCOC2)c1. The van der Waals surface area contributed by atoms with Crippen LogP contribution in [0, 0.1) is 11.7 Å². The molecular formula is C13H17FN2O4S. The molecule has 1 unspecified atom stereocenters. The highest BCUT2D eigenvalue weighted by atomic mass is 32.2. The van der Waals surface area contributed by atoms with Crippen molar-refractivity contribution in [3.63, 3.8) is 0 Å². The summed E-state index contributed by atoms with van der Waals surface area (Å²) < 4.78 is 41.4. The first-order valence-electron chi connectivity index (χ1n) is 6.56. The molecule has 1 amide bonds. The first-order valence-corrected chi connectivity index (χ1v) is 8.11. The lowest BCUT2D eigenvalue weighted by Gasteiger charge is -2.22. The Bertz CT molecular complexity index is 627. The van der Waals surface area contributed by atoms with Gasteiger partial charge in [0.25, 0.3) is 5.91 Å². The number of benzene rings is 1. The van der Waals surface area contributed by atoms with Gasteiger partial charge in [-0.05, 0) is 37.0 Å². The quantitative estimate of drug-likeness (QED) is 0.851. The number of primary sulfonamides is 1. The number of rotatable bonds is 4. The third-order valence-corrected chi connectivity index (χ3v) is 4.23. The molecule has 1 saturated heterocycles. The van der Waals surface area contributed by atoms with Crippen LogP contribution in [-0.4, -0.2) is 34.1 Å². The van der Waals surface area contributed by atoms with E-state index in [1.54, 1.807) is 0 Å². The van der Waals surface area contributed by atoms with Crippen LogP contribution in [-0.2, 0) is 14.8 Å². The summed E-state index contributed by atoms with van der Waals surface area (Å²) in [7, 11) is -3.98. The molecule has 1 aliphatic rings. The Labute approximate surface area is 122 Å². The molecule has 8 heteroatoms. The van der Waals surface area contributed by atoms with Crippen molar-refractivity contribution in [2.75, 3.05) is 19.8 Å². The van der Waals surface area contributed by atoms with Gasteiger partial charge in [-0.25, -0.2) is 17.9 Å². The first kappa shape index (κ1) is 15.9. The summed E-state index contributed by atoms with van der Waals surface area (Å²) in [5, 5.41) is 7.56. The van der Waals surface area contributed by atoms with Gasteiger partial charge in [-0.1, -0.05) is 0 Å². The molecule has 6 nitrogen and oxygen atoms in total. The molecule has 1 heterocycles. The number of hydrogen-bond acceptors (Lipinski definition) is 4. The van der Waals surface area contributed by atoms with Crippen molar-refractivity contribution in [2.45, 2.75) is 17.7 Å². The Morgan fingerprint density at radius 1 is 1.48 bits per heavy atom. The third kappa shape index (κ3) is 4.23. The molecule has 116 valence electrons. The van der Waals surface area contributed by atoms with Crippen LogP contribution in [0.3, 0.4) is 0 Å². The normalized spacial score (nSPS) is 19.2. The maximum absolute atomic E-state index is 13.7. The fourth-order valence-corrected chi connectivity index (χ4v) is 2.70. The second-order valence-corrected chi connectivity index (χ2v) is 6.54. The minimum atomic E-state index is -3.98. The van der Waals surface area contributed by atoms with E-state index in [0.717, 1.165) is 37.6 Å². The summed E-state index contributed by atoms with van der Waals surface area (Å²) in [5.41, 5.74) is -0.335. The largest absolute Gasteiger partial charge is 0.381 e. The minimum absolute atomic E-state index is 0.187. The summed E-state index contributed by atoms with van der Waals surface area (Å²) in [6.45, 7) is 1.63. The van der Waals surface area contributed by atoms with Crippen LogP contribution in [0.4, 0.5) is 4.39 Å². The number of carbonyl (C=O) groups excluding carboxylic acids is 1. The Hall–Kier alpha value is -1.51. The van der Waals surface area contributed by atoms with Crippen molar-refractivity contribution < 1.29 is 22.3 Å². The molecule has 0 bridgehead atoms. The van der Waals surface area contributed by atoms with Crippen LogP contribution >= 0.6 is 0 Å². The van der Waals surface area contributed by atoms with Crippen molar-refractivity contribution in [1.82, 2.24) is 5.32 Å². The number of hydrogen-bond donors (Lipinski definition) is 2. The third-order valence-electron chi connectivity index (χ3n) is 3.32. The monoisotopic (exact) mass is 316 g/mol. The molecule has 2 rings (SSSR count). The lowest BCUT2D eigenvalue weighted by molar-refractivity contribution is 0.0536. The Morgan fingerprint density at radius 2 is 2.24 bits per heavy atom. The van der Waals surface area contributed by atoms with Gasteiger partial charge in [0, 0.05) is 13.2 Å². The van der Waals surface area contributed by atoms with Crippen LogP contribution in [0.2, 0.25) is 0 Å². The Balaban J connectivity index is 2.07. The number of nitrogens with one attached hydrogen (secondary N) is 1. The zero-order valence-corrected chi connectivity index (χ0v) is 12.2. The standard InChI is InChI=1S/C13H17FN2O4S/c14-12-4-3-10(21(15,18)19)6-11(12)13(17)16-7-9-2-1-5-20-8-9/h3-4,6,9H,1-2,5,7-8H2,(H,16,17)(H2,15,18,19). The highest BCUT2D eigenvalue weighted by Crippen LogP contribution is 2.15. The van der Waals surface area contributed by atoms with E-state index in [-0.39, 0.29) is 16.4 Å². The molecule has 21 heavy (non-hydrogen) atoms. The van der Waals surface area contributed by atoms with Crippen molar-refractivity contribution in [3.05, 3.63) is 29.6 Å². The molecule has 0 aliphatic carbocycles. The summed E-state index contributed by atoms with van der Waals surface area (Å²) >= 11 is 0. The van der Waals surface area contributed by atoms with E-state index in [9.17, 15) is 17.6 Å². The summed E-state index contributed by atoms with van der Waals surface area (Å²) in [6, 6.07) is 2.88. The van der Waals surface area contributed by atoms with Crippen LogP contribution in [0.25, 0.3) is 0 Å². The fourth-order valence-electron chi connectivity index (χ4n) is 2.16. The molecule has 1 atom stereocenters. The summed E-state index contributed by atoms with van der Waals surface area (Å²) in [4.78, 5) is 11.7. The van der Waals surface area contributed by atoms with E-state index in [0.29, 0.717) is 13.2 Å². The highest BCUT2D eigenvalue weighted by molar-refractivity contribution is 7.89. The number of sulfonamides is 1. The fraction of sp³-hybridized carbons (Fsp3) is 0.462. The Kier molecular flexibility index (Phi) is 4.92. The van der Waals surface area contributed by atoms with Gasteiger partial charge in [0.05, 0.1) is 17.1 Å². The van der Waals surface area contributed by atoms with Gasteiger partial charge in [0.15, 0.2) is 0 Å². The predicted octanol–water partition coefficient (Wildman–Crippen LogP) is 0.629. The molecule has 0 radical (unpaired) electrons. The number of amides is 1. The van der Waals surface area contributed by atoms with E-state index in [1.807, 2.05) is 0 Å². The van der Waals surface area contributed by atoms with Gasteiger partial charge < -0.3 is 10.1 Å². The van der Waals surface area contributed by atoms with Gasteiger partial charge >= 0.3 is 0 Å². The van der Waals surface area contributed by atoms with Gasteiger partial charge in [0.1, 0.15) is 5.82 Å². The predicted molar refractivity (Wildman–Crippen MR) is 73.6 cm³/mol. The number of ether oxygens (including phenoxy) is 1. The maximum Gasteiger partial charge on any atom is 0.254 e. The lowest BCUT2D eigenvalue weighted by atomic mass is 10.0. The second kappa shape index (κ2) is 6.50. The zero-order chi connectivity index (χ0) is 15.5. The van der Waals surface area contributed by atoms with Crippen molar-refractivity contribution in [3.8, 4) is 0 Å². The van der Waals surface area contributed by atoms with E-state index in [2.05, 4.69) is 5.32 Å². The van der Waals surface area contributed by atoms with Crippen LogP contribution in [0.15, 0.2) is 23.1 Å². The van der Waals surface area contributed by atoms with E-state index >= 15 is 0 Å². The van der Waals surface area contributed by atoms with Crippen LogP contribution < -0.4 is 10.5 Å². The number of halogens is 1. The van der Waals surface area contributed by atoms with Crippen LogP contribution in [0.1, 0.15) is 23.2 Å². The highest BCUT2D eigenvalue weighted by Gasteiger charge is 2.19. The molecule has 1 aromatic rings. The lowest BCUT2D eigenvalue weighted by Crippen LogP contribution is -2.33. The molecular weight excluding hydrogens is 299 g/mol. The number of nitrogens with two attached hydrogens (primary N) is 1. The maximum atomic E-state index is 13.7. The molecule has 0 saturated carbocycles. The van der Waals surface area contributed by atoms with Crippen molar-refractivity contribution in [1.29, 1.82) is 0 Å². The van der Waals surface area contributed by atoms with Gasteiger partial charge in [-0.15, -0.1) is 0 Å². The van der Waals surface area contributed by atoms with E-state index in [4.69, 9.17) is 9.88 Å². The van der Waals surface area contributed by atoms with Crippen molar-refractivity contribution >= 4 is 15.9 Å². The molecule has 1 aliphatic heterocycles. The second-order valence-electron chi connectivity index (χ2n) is 4.98. The number of carbonyl (C=O) groups is 1. The molecule has 1 fully saturated rings. The van der Waals surface area contributed by atoms with Crippen LogP contribution in [0.5, 0.6) is 0 Å². The summed E-state index contributed by atoms with van der Waals surface area (Å²) in [5.74, 6) is -1.27. The average Bonchev–Trinajstić information content (AvgIpc) is 2.45. The molecule has 0 spiro atoms. The summed E-state index contributed by atoms with van der Waals surface area (Å²) in [6.07, 6.45) is 1.86. The topological polar surface area (TPSA) is 98.5 Å². The van der Waals surface area contributed by atoms with E-state index in [1.165, 1.54) is 0 Å². The van der Waals surface area contributed by atoms with Gasteiger partial charge in [0.2, 0.25) is 10.0 Å². The minimum Gasteiger partial charge on any atom is -0.381 e. The van der Waals surface area contributed by atoms with Crippen molar-refractivity contribution in [2.24, 2.45) is 11.1 Å². The molecule has 0 aromatic heterocycles. The molecule has 1 aromatic carbocycles. The first-order chi connectivity index (χ1) is 9.88. The van der Waals surface area contributed by atoms with Gasteiger partial charge in [-0.3, -0.25) is 4.79 Å². The van der Waals surface area contributed by atoms with Gasteiger partial charge in [-0.2, -0.15) is 0 Å². The van der Waals surface area contributed by atoms with E-state index < -0.39 is 21.7 Å². The Morgan fingerprint density at radius 3 is 2.86 bits per heavy atom. The zero-order valence-electron chi connectivity index (χ0n) is 11.3. The average molecular weight is 316 g/mol. The molecule has 3 N–H and O–H groups in total. The smallest absolute Gasteiger partial charge is 0.254 e.